The molecule has 0 fully saturated rings. The van der Waals surface area contributed by atoms with Crippen LogP contribution in [0.25, 0.3) is 0 Å². The monoisotopic (exact) mass is 517 g/mol. The van der Waals surface area contributed by atoms with Gasteiger partial charge in [0.25, 0.3) is 0 Å². The average Bonchev–Trinajstić information content (AvgIpc) is 2.88. The second kappa shape index (κ2) is 24.7. The molecule has 0 spiro atoms. The highest BCUT2D eigenvalue weighted by atomic mass is 32.2. The standard InChI is InChI=1S/C34H61OS/c1-4-7-10-12-14-16-18-20-22-24-26-31-29-33(36-28-9-6-3)30-32(34(31)35)27-25-23-21-19-17-15-13-11-8-5-2/h29-30H,4-28H2,1-3H3. The maximum atomic E-state index is 13.2. The number of benzene rings is 1. The molecule has 1 aromatic rings. The van der Waals surface area contributed by atoms with Crippen LogP contribution in [0.2, 0.25) is 0 Å². The maximum absolute atomic E-state index is 13.2. The van der Waals surface area contributed by atoms with Crippen molar-refractivity contribution in [3.8, 4) is 5.75 Å². The predicted octanol–water partition coefficient (Wildman–Crippen LogP) is 12.6. The molecule has 1 aromatic carbocycles. The summed E-state index contributed by atoms with van der Waals surface area (Å²) in [6, 6.07) is 4.47. The first-order valence-corrected chi connectivity index (χ1v) is 17.2. The van der Waals surface area contributed by atoms with E-state index in [0.29, 0.717) is 5.75 Å². The molecule has 0 bridgehead atoms. The van der Waals surface area contributed by atoms with Gasteiger partial charge in [0.2, 0.25) is 0 Å². The lowest BCUT2D eigenvalue weighted by molar-refractivity contribution is 0.343. The van der Waals surface area contributed by atoms with E-state index in [1.54, 1.807) is 0 Å². The van der Waals surface area contributed by atoms with Gasteiger partial charge < -0.3 is 0 Å². The zero-order chi connectivity index (χ0) is 26.1. The number of rotatable bonds is 26. The van der Waals surface area contributed by atoms with Crippen molar-refractivity contribution in [1.29, 1.82) is 0 Å². The van der Waals surface area contributed by atoms with Gasteiger partial charge in [-0.3, -0.25) is 5.11 Å². The van der Waals surface area contributed by atoms with E-state index in [1.807, 2.05) is 11.8 Å². The van der Waals surface area contributed by atoms with Crippen LogP contribution in [-0.2, 0) is 17.9 Å². The smallest absolute Gasteiger partial charge is 0.185 e. The van der Waals surface area contributed by atoms with Gasteiger partial charge in [0.1, 0.15) is 0 Å². The van der Waals surface area contributed by atoms with Crippen molar-refractivity contribution in [2.75, 3.05) is 5.75 Å². The number of thioether (sulfide) groups is 1. The van der Waals surface area contributed by atoms with E-state index in [2.05, 4.69) is 32.9 Å². The highest BCUT2D eigenvalue weighted by Gasteiger charge is 2.12. The lowest BCUT2D eigenvalue weighted by atomic mass is 9.98. The Hall–Kier alpha value is -0.630. The fourth-order valence-electron chi connectivity index (χ4n) is 5.12. The van der Waals surface area contributed by atoms with Crippen LogP contribution < -0.4 is 0 Å². The molecule has 0 saturated heterocycles. The Kier molecular flexibility index (Phi) is 22.9. The van der Waals surface area contributed by atoms with E-state index in [9.17, 15) is 5.11 Å². The molecule has 0 N–H and O–H groups in total. The first kappa shape index (κ1) is 33.4. The van der Waals surface area contributed by atoms with Gasteiger partial charge in [-0.1, -0.05) is 143 Å². The van der Waals surface area contributed by atoms with Crippen LogP contribution in [0.5, 0.6) is 5.75 Å². The maximum Gasteiger partial charge on any atom is 0.185 e. The molecule has 0 aliphatic carbocycles. The largest absolute Gasteiger partial charge is 0.289 e. The molecule has 1 nitrogen and oxygen atoms in total. The number of unbranched alkanes of at least 4 members (excludes halogenated alkanes) is 19. The van der Waals surface area contributed by atoms with Crippen LogP contribution in [0, 0.1) is 0 Å². The Labute approximate surface area is 231 Å². The van der Waals surface area contributed by atoms with Crippen molar-refractivity contribution in [2.24, 2.45) is 0 Å². The fraction of sp³-hybridized carbons (Fsp3) is 0.824. The summed E-state index contributed by atoms with van der Waals surface area (Å²) in [5.74, 6) is 1.53. The molecule has 1 radical (unpaired) electrons. The lowest BCUT2D eigenvalue weighted by Gasteiger charge is -2.12. The molecule has 0 heterocycles. The van der Waals surface area contributed by atoms with Gasteiger partial charge in [0.05, 0.1) is 0 Å². The van der Waals surface area contributed by atoms with Crippen molar-refractivity contribution < 1.29 is 5.11 Å². The Morgan fingerprint density at radius 3 is 1.17 bits per heavy atom. The van der Waals surface area contributed by atoms with Crippen molar-refractivity contribution in [3.05, 3.63) is 23.3 Å². The molecule has 2 heteroatoms. The second-order valence-electron chi connectivity index (χ2n) is 11.1. The van der Waals surface area contributed by atoms with Gasteiger partial charge in [-0.15, -0.1) is 11.8 Å². The molecule has 0 unspecified atom stereocenters. The molecular weight excluding hydrogens is 456 g/mol. The summed E-state index contributed by atoms with van der Waals surface area (Å²) in [7, 11) is 0. The second-order valence-corrected chi connectivity index (χ2v) is 12.3. The molecule has 1 rings (SSSR count). The zero-order valence-electron chi connectivity index (χ0n) is 24.6. The predicted molar refractivity (Wildman–Crippen MR) is 163 cm³/mol. The first-order valence-electron chi connectivity index (χ1n) is 16.2. The van der Waals surface area contributed by atoms with Crippen molar-refractivity contribution in [2.45, 2.75) is 180 Å². The highest BCUT2D eigenvalue weighted by Crippen LogP contribution is 2.33. The summed E-state index contributed by atoms with van der Waals surface area (Å²) in [5, 5.41) is 13.2. The molecule has 209 valence electrons. The van der Waals surface area contributed by atoms with E-state index in [-0.39, 0.29) is 0 Å². The summed E-state index contributed by atoms with van der Waals surface area (Å²) in [6.07, 6.45) is 31.5. The third kappa shape index (κ3) is 17.8. The van der Waals surface area contributed by atoms with Gasteiger partial charge in [0, 0.05) is 16.0 Å². The van der Waals surface area contributed by atoms with Gasteiger partial charge in [-0.25, -0.2) is 0 Å². The minimum Gasteiger partial charge on any atom is -0.289 e. The number of aryl methyl sites for hydroxylation is 2. The SMILES string of the molecule is CCCCCCCCCCCCc1cc(SCCCC)cc(CCCCCCCCCCCC)c1[O]. The summed E-state index contributed by atoms with van der Waals surface area (Å²) in [5.41, 5.74) is 2.19. The molecule has 0 saturated carbocycles. The minimum atomic E-state index is 0.363. The van der Waals surface area contributed by atoms with Crippen molar-refractivity contribution in [1.82, 2.24) is 0 Å². The molecule has 0 aliphatic rings. The van der Waals surface area contributed by atoms with Gasteiger partial charge in [-0.05, 0) is 50.0 Å². The van der Waals surface area contributed by atoms with E-state index >= 15 is 0 Å². The van der Waals surface area contributed by atoms with E-state index in [0.717, 1.165) is 24.0 Å². The Morgan fingerprint density at radius 2 is 0.806 bits per heavy atom. The third-order valence-corrected chi connectivity index (χ3v) is 8.64. The van der Waals surface area contributed by atoms with E-state index in [1.165, 1.54) is 152 Å². The average molecular weight is 518 g/mol. The lowest BCUT2D eigenvalue weighted by Crippen LogP contribution is -1.95. The summed E-state index contributed by atoms with van der Waals surface area (Å²) in [6.45, 7) is 6.83. The topological polar surface area (TPSA) is 19.9 Å². The zero-order valence-corrected chi connectivity index (χ0v) is 25.5. The molecule has 0 amide bonds. The van der Waals surface area contributed by atoms with Gasteiger partial charge in [-0.2, -0.15) is 0 Å². The van der Waals surface area contributed by atoms with E-state index < -0.39 is 0 Å². The molecule has 0 aliphatic heterocycles. The van der Waals surface area contributed by atoms with Crippen LogP contribution in [0.15, 0.2) is 17.0 Å². The van der Waals surface area contributed by atoms with Crippen LogP contribution in [0.1, 0.15) is 173 Å². The number of hydrogen-bond acceptors (Lipinski definition) is 1. The van der Waals surface area contributed by atoms with Crippen molar-refractivity contribution >= 4 is 11.8 Å². The highest BCUT2D eigenvalue weighted by molar-refractivity contribution is 7.99. The normalized spacial score (nSPS) is 11.4. The molecule has 0 atom stereocenters. The number of hydrogen-bond donors (Lipinski definition) is 0. The van der Waals surface area contributed by atoms with Crippen LogP contribution in [-0.4, -0.2) is 5.75 Å². The summed E-state index contributed by atoms with van der Waals surface area (Å²) >= 11 is 1.96. The Balaban J connectivity index is 2.39. The Bertz CT molecular complexity index is 566. The molecular formula is C34H61OS. The summed E-state index contributed by atoms with van der Waals surface area (Å²) in [4.78, 5) is 1.34. The summed E-state index contributed by atoms with van der Waals surface area (Å²) < 4.78 is 0. The van der Waals surface area contributed by atoms with Crippen LogP contribution >= 0.6 is 11.8 Å². The first-order chi connectivity index (χ1) is 17.7. The van der Waals surface area contributed by atoms with E-state index in [4.69, 9.17) is 0 Å². The molecule has 0 aromatic heterocycles. The quantitative estimate of drug-likeness (QED) is 0.0883. The van der Waals surface area contributed by atoms with Crippen LogP contribution in [0.3, 0.4) is 0 Å². The van der Waals surface area contributed by atoms with Crippen LogP contribution in [0.4, 0.5) is 0 Å². The minimum absolute atomic E-state index is 0.363. The molecule has 36 heavy (non-hydrogen) atoms. The van der Waals surface area contributed by atoms with Gasteiger partial charge >= 0.3 is 0 Å². The van der Waals surface area contributed by atoms with Gasteiger partial charge in [0.15, 0.2) is 5.75 Å². The Morgan fingerprint density at radius 1 is 0.472 bits per heavy atom. The third-order valence-electron chi connectivity index (χ3n) is 7.58. The van der Waals surface area contributed by atoms with Crippen molar-refractivity contribution in [3.63, 3.8) is 0 Å². The fourth-order valence-corrected chi connectivity index (χ4v) is 6.24.